The third kappa shape index (κ3) is 7.33. The molecule has 0 aliphatic carbocycles. The number of carbonyl (C=O) groups is 3. The van der Waals surface area contributed by atoms with E-state index in [0.717, 1.165) is 22.5 Å². The Kier molecular flexibility index (Phi) is 9.91. The van der Waals surface area contributed by atoms with Crippen LogP contribution >= 0.6 is 39.3 Å². The molecule has 43 heavy (non-hydrogen) atoms. The van der Waals surface area contributed by atoms with Gasteiger partial charge in [0.05, 0.1) is 33.2 Å². The maximum absolute atomic E-state index is 13.1. The van der Waals surface area contributed by atoms with E-state index in [4.69, 9.17) is 25.8 Å². The van der Waals surface area contributed by atoms with Gasteiger partial charge in [0.25, 0.3) is 17.1 Å². The van der Waals surface area contributed by atoms with Gasteiger partial charge >= 0.3 is 0 Å². The summed E-state index contributed by atoms with van der Waals surface area (Å²) in [7, 11) is 0. The molecule has 0 saturated carbocycles. The predicted octanol–water partition coefficient (Wildman–Crippen LogP) is 7.79. The molecule has 0 radical (unpaired) electrons. The highest BCUT2D eigenvalue weighted by molar-refractivity contribution is 9.10. The molecule has 1 N–H and O–H groups in total. The van der Waals surface area contributed by atoms with Crippen molar-refractivity contribution in [3.05, 3.63) is 98.8 Å². The van der Waals surface area contributed by atoms with Gasteiger partial charge in [0, 0.05) is 5.39 Å². The summed E-state index contributed by atoms with van der Waals surface area (Å²) in [6.07, 6.45) is 1.62. The van der Waals surface area contributed by atoms with Crippen molar-refractivity contribution in [3.63, 3.8) is 0 Å². The third-order valence-electron chi connectivity index (χ3n) is 6.32. The minimum absolute atomic E-state index is 0.113. The maximum Gasteiger partial charge on any atom is 0.293 e. The number of hydrogen-bond donors (Lipinski definition) is 1. The average Bonchev–Trinajstić information content (AvgIpc) is 3.25. The van der Waals surface area contributed by atoms with Crippen LogP contribution in [0.15, 0.2) is 88.2 Å². The van der Waals surface area contributed by atoms with Gasteiger partial charge in [-0.3, -0.25) is 19.3 Å². The first kappa shape index (κ1) is 30.5. The van der Waals surface area contributed by atoms with Crippen LogP contribution in [0.1, 0.15) is 12.5 Å². The zero-order valence-corrected chi connectivity index (χ0v) is 26.1. The molecule has 4 aromatic rings. The second-order valence-electron chi connectivity index (χ2n) is 9.24. The number of anilines is 1. The molecule has 0 atom stereocenters. The summed E-state index contributed by atoms with van der Waals surface area (Å²) in [4.78, 5) is 39.8. The van der Waals surface area contributed by atoms with Crippen LogP contribution in [-0.4, -0.2) is 48.3 Å². The maximum atomic E-state index is 13.1. The lowest BCUT2D eigenvalue weighted by Gasteiger charge is -2.15. The number of fused-ring (bicyclic) bond motifs is 1. The van der Waals surface area contributed by atoms with E-state index in [9.17, 15) is 14.4 Å². The summed E-state index contributed by atoms with van der Waals surface area (Å²) in [5, 5.41) is 4.76. The molecule has 3 amide bonds. The zero-order valence-electron chi connectivity index (χ0n) is 23.0. The number of nitrogens with one attached hydrogen (secondary N) is 1. The largest absolute Gasteiger partial charge is 0.491 e. The van der Waals surface area contributed by atoms with Crippen LogP contribution in [0, 0.1) is 0 Å². The van der Waals surface area contributed by atoms with E-state index >= 15 is 0 Å². The molecule has 11 heteroatoms. The molecule has 220 valence electrons. The van der Waals surface area contributed by atoms with E-state index in [1.54, 1.807) is 42.5 Å². The Balaban J connectivity index is 1.25. The highest BCUT2D eigenvalue weighted by atomic mass is 79.9. The number of carbonyl (C=O) groups excluding carboxylic acids is 3. The number of nitrogens with zero attached hydrogens (tertiary/aromatic N) is 1. The number of benzene rings is 4. The Morgan fingerprint density at radius 2 is 1.74 bits per heavy atom. The van der Waals surface area contributed by atoms with Crippen molar-refractivity contribution in [3.8, 4) is 17.2 Å². The van der Waals surface area contributed by atoms with E-state index in [-0.39, 0.29) is 29.9 Å². The standard InChI is InChI=1S/C32H26BrClN2O6S/c1-2-40-27-17-20(16-23(33)30(27)42-19-29(37)35-25-12-6-5-11-24(25)34)18-28-31(38)36(32(39)43-28)14-15-41-26-13-7-9-21-8-3-4-10-22(21)26/h3-13,16-18H,2,14-15,19H2,1H3,(H,35,37)/b28-18-. The Morgan fingerprint density at radius 1 is 0.977 bits per heavy atom. The van der Waals surface area contributed by atoms with Crippen LogP contribution < -0.4 is 19.5 Å². The van der Waals surface area contributed by atoms with E-state index in [2.05, 4.69) is 21.2 Å². The molecular formula is C32H26BrClN2O6S. The average molecular weight is 682 g/mol. The van der Waals surface area contributed by atoms with Crippen molar-refractivity contribution in [1.29, 1.82) is 0 Å². The van der Waals surface area contributed by atoms with Crippen molar-refractivity contribution in [1.82, 2.24) is 4.90 Å². The van der Waals surface area contributed by atoms with Gasteiger partial charge in [0.15, 0.2) is 18.1 Å². The lowest BCUT2D eigenvalue weighted by atomic mass is 10.1. The zero-order chi connectivity index (χ0) is 30.3. The monoisotopic (exact) mass is 680 g/mol. The smallest absolute Gasteiger partial charge is 0.293 e. The quantitative estimate of drug-likeness (QED) is 0.162. The minimum Gasteiger partial charge on any atom is -0.491 e. The molecule has 5 rings (SSSR count). The first-order chi connectivity index (χ1) is 20.8. The molecular weight excluding hydrogens is 656 g/mol. The Bertz CT molecular complexity index is 1720. The van der Waals surface area contributed by atoms with Crippen LogP contribution in [0.4, 0.5) is 10.5 Å². The second kappa shape index (κ2) is 14.0. The molecule has 0 aromatic heterocycles. The van der Waals surface area contributed by atoms with Gasteiger partial charge in [-0.15, -0.1) is 0 Å². The van der Waals surface area contributed by atoms with Gasteiger partial charge in [-0.25, -0.2) is 0 Å². The van der Waals surface area contributed by atoms with Gasteiger partial charge in [0.1, 0.15) is 12.4 Å². The highest BCUT2D eigenvalue weighted by Crippen LogP contribution is 2.39. The topological polar surface area (TPSA) is 94.2 Å². The summed E-state index contributed by atoms with van der Waals surface area (Å²) >= 11 is 10.5. The fourth-order valence-electron chi connectivity index (χ4n) is 4.37. The first-order valence-electron chi connectivity index (χ1n) is 13.3. The molecule has 1 heterocycles. The number of hydrogen-bond acceptors (Lipinski definition) is 7. The van der Waals surface area contributed by atoms with E-state index in [1.807, 2.05) is 49.4 Å². The third-order valence-corrected chi connectivity index (χ3v) is 8.15. The molecule has 1 aliphatic heterocycles. The molecule has 8 nitrogen and oxygen atoms in total. The Labute approximate surface area is 266 Å². The summed E-state index contributed by atoms with van der Waals surface area (Å²) in [5.74, 6) is 0.591. The van der Waals surface area contributed by atoms with Crippen molar-refractivity contribution in [2.45, 2.75) is 6.92 Å². The van der Waals surface area contributed by atoms with Crippen molar-refractivity contribution < 1.29 is 28.6 Å². The minimum atomic E-state index is -0.401. The lowest BCUT2D eigenvalue weighted by molar-refractivity contribution is -0.123. The van der Waals surface area contributed by atoms with Crippen LogP contribution in [0.5, 0.6) is 17.2 Å². The van der Waals surface area contributed by atoms with E-state index in [1.165, 1.54) is 4.90 Å². The molecule has 1 saturated heterocycles. The molecule has 0 unspecified atom stereocenters. The summed E-state index contributed by atoms with van der Waals surface area (Å²) in [5.41, 5.74) is 1.09. The van der Waals surface area contributed by atoms with Gasteiger partial charge in [-0.05, 0) is 82.0 Å². The van der Waals surface area contributed by atoms with E-state index < -0.39 is 11.8 Å². The number of imide groups is 1. The second-order valence-corrected chi connectivity index (χ2v) is 11.5. The fourth-order valence-corrected chi connectivity index (χ4v) is 6.00. The summed E-state index contributed by atoms with van der Waals surface area (Å²) in [6, 6.07) is 23.9. The number of halogens is 2. The number of ether oxygens (including phenoxy) is 3. The van der Waals surface area contributed by atoms with Gasteiger partial charge in [-0.1, -0.05) is 60.1 Å². The van der Waals surface area contributed by atoms with Crippen molar-refractivity contribution in [2.75, 3.05) is 31.7 Å². The van der Waals surface area contributed by atoms with Gasteiger partial charge in [0.2, 0.25) is 0 Å². The van der Waals surface area contributed by atoms with Crippen LogP contribution in [0.25, 0.3) is 16.8 Å². The fraction of sp³-hybridized carbons (Fsp3) is 0.156. The van der Waals surface area contributed by atoms with Gasteiger partial charge in [-0.2, -0.15) is 0 Å². The van der Waals surface area contributed by atoms with Crippen LogP contribution in [-0.2, 0) is 9.59 Å². The van der Waals surface area contributed by atoms with Crippen molar-refractivity contribution in [2.24, 2.45) is 0 Å². The lowest BCUT2D eigenvalue weighted by Crippen LogP contribution is -2.32. The SMILES string of the molecule is CCOc1cc(/C=C2\SC(=O)N(CCOc3cccc4ccccc34)C2=O)cc(Br)c1OCC(=O)Nc1ccccc1Cl. The molecule has 4 aromatic carbocycles. The predicted molar refractivity (Wildman–Crippen MR) is 173 cm³/mol. The molecule has 1 fully saturated rings. The Morgan fingerprint density at radius 3 is 2.56 bits per heavy atom. The number of para-hydroxylation sites is 1. The Hall–Kier alpha value is -3.99. The molecule has 1 aliphatic rings. The van der Waals surface area contributed by atoms with Crippen LogP contribution in [0.3, 0.4) is 0 Å². The number of rotatable bonds is 11. The van der Waals surface area contributed by atoms with E-state index in [0.29, 0.717) is 44.6 Å². The first-order valence-corrected chi connectivity index (χ1v) is 15.3. The van der Waals surface area contributed by atoms with Crippen molar-refractivity contribution >= 4 is 78.9 Å². The number of thioether (sulfide) groups is 1. The normalized spacial score (nSPS) is 13.9. The molecule has 0 bridgehead atoms. The summed E-state index contributed by atoms with van der Waals surface area (Å²) in [6.45, 7) is 2.14. The van der Waals surface area contributed by atoms with Gasteiger partial charge < -0.3 is 19.5 Å². The number of amides is 3. The highest BCUT2D eigenvalue weighted by Gasteiger charge is 2.35. The van der Waals surface area contributed by atoms with Crippen LogP contribution in [0.2, 0.25) is 5.02 Å². The summed E-state index contributed by atoms with van der Waals surface area (Å²) < 4.78 is 18.0. The molecule has 0 spiro atoms.